The molecule has 18 heavy (non-hydrogen) atoms. The first-order chi connectivity index (χ1) is 8.76. The third-order valence-corrected chi connectivity index (χ3v) is 2.62. The number of oxazole rings is 1. The minimum atomic E-state index is 0.438. The first kappa shape index (κ1) is 10.8. The quantitative estimate of drug-likeness (QED) is 0.768. The summed E-state index contributed by atoms with van der Waals surface area (Å²) in [5.74, 6) is 1.88. The second-order valence-electron chi connectivity index (χ2n) is 3.97. The van der Waals surface area contributed by atoms with Crippen molar-refractivity contribution >= 4 is 11.0 Å². The molecule has 5 nitrogen and oxygen atoms in total. The van der Waals surface area contributed by atoms with Crippen LogP contribution < -0.4 is 4.74 Å². The maximum atomic E-state index is 5.50. The number of H-pyrrole nitrogens is 1. The molecule has 0 saturated heterocycles. The lowest BCUT2D eigenvalue weighted by Gasteiger charge is -1.96. The first-order valence-electron chi connectivity index (χ1n) is 5.81. The lowest BCUT2D eigenvalue weighted by molar-refractivity contribution is 0.260. The lowest BCUT2D eigenvalue weighted by atomic mass is 10.2. The fourth-order valence-electron chi connectivity index (χ4n) is 1.87. The van der Waals surface area contributed by atoms with Crippen molar-refractivity contribution in [1.29, 1.82) is 0 Å². The standard InChI is InChI=1S/C13H13N3O2/c1-3-17-12-7-14-13(18-12)9-4-5-10-11(6-9)16-8(2)15-10/h4-7H,3H2,1-2H3,(H,15,16). The molecule has 0 aliphatic carbocycles. The maximum Gasteiger partial charge on any atom is 0.305 e. The number of benzene rings is 1. The van der Waals surface area contributed by atoms with Crippen LogP contribution >= 0.6 is 0 Å². The van der Waals surface area contributed by atoms with Gasteiger partial charge in [0.1, 0.15) is 12.0 Å². The second kappa shape index (κ2) is 4.18. The first-order valence-corrected chi connectivity index (χ1v) is 5.81. The highest BCUT2D eigenvalue weighted by molar-refractivity contribution is 5.80. The van der Waals surface area contributed by atoms with E-state index in [1.54, 1.807) is 6.20 Å². The van der Waals surface area contributed by atoms with E-state index in [0.29, 0.717) is 18.4 Å². The number of aromatic amines is 1. The van der Waals surface area contributed by atoms with Crippen LogP contribution in [0.3, 0.4) is 0 Å². The molecular formula is C13H13N3O2. The summed E-state index contributed by atoms with van der Waals surface area (Å²) in [5.41, 5.74) is 2.81. The van der Waals surface area contributed by atoms with Crippen LogP contribution in [0.1, 0.15) is 12.7 Å². The Labute approximate surface area is 104 Å². The molecule has 5 heteroatoms. The van der Waals surface area contributed by atoms with Gasteiger partial charge in [0.05, 0.1) is 17.6 Å². The topological polar surface area (TPSA) is 63.9 Å². The van der Waals surface area contributed by atoms with Crippen LogP contribution in [-0.2, 0) is 0 Å². The SMILES string of the molecule is CCOc1cnc(-c2ccc3nc(C)[nH]c3c2)o1. The fourth-order valence-corrected chi connectivity index (χ4v) is 1.87. The zero-order valence-electron chi connectivity index (χ0n) is 10.2. The number of fused-ring (bicyclic) bond motifs is 1. The molecule has 0 atom stereocenters. The zero-order valence-corrected chi connectivity index (χ0v) is 10.2. The number of aromatic nitrogens is 3. The molecule has 0 bridgehead atoms. The van der Waals surface area contributed by atoms with Gasteiger partial charge in [0.25, 0.3) is 0 Å². The van der Waals surface area contributed by atoms with Gasteiger partial charge in [-0.1, -0.05) is 0 Å². The highest BCUT2D eigenvalue weighted by atomic mass is 16.6. The van der Waals surface area contributed by atoms with Gasteiger partial charge in [-0.3, -0.25) is 0 Å². The third-order valence-electron chi connectivity index (χ3n) is 2.62. The number of hydrogen-bond acceptors (Lipinski definition) is 4. The van der Waals surface area contributed by atoms with E-state index < -0.39 is 0 Å². The van der Waals surface area contributed by atoms with Crippen molar-refractivity contribution in [2.24, 2.45) is 0 Å². The van der Waals surface area contributed by atoms with Gasteiger partial charge < -0.3 is 14.1 Å². The van der Waals surface area contributed by atoms with Crippen LogP contribution in [0.25, 0.3) is 22.5 Å². The van der Waals surface area contributed by atoms with E-state index in [4.69, 9.17) is 9.15 Å². The number of nitrogens with one attached hydrogen (secondary N) is 1. The van der Waals surface area contributed by atoms with Gasteiger partial charge >= 0.3 is 5.95 Å². The third kappa shape index (κ3) is 1.84. The molecular weight excluding hydrogens is 230 g/mol. The van der Waals surface area contributed by atoms with Gasteiger partial charge in [-0.15, -0.1) is 0 Å². The average Bonchev–Trinajstić information content (AvgIpc) is 2.93. The molecule has 0 aliphatic rings. The van der Waals surface area contributed by atoms with E-state index in [-0.39, 0.29) is 0 Å². The van der Waals surface area contributed by atoms with Crippen LogP contribution in [0, 0.1) is 6.92 Å². The van der Waals surface area contributed by atoms with Crippen molar-refractivity contribution in [2.45, 2.75) is 13.8 Å². The van der Waals surface area contributed by atoms with Crippen molar-refractivity contribution < 1.29 is 9.15 Å². The zero-order chi connectivity index (χ0) is 12.5. The Morgan fingerprint density at radius 1 is 1.39 bits per heavy atom. The minimum absolute atomic E-state index is 0.438. The van der Waals surface area contributed by atoms with Crippen molar-refractivity contribution in [3.8, 4) is 17.4 Å². The highest BCUT2D eigenvalue weighted by Crippen LogP contribution is 2.25. The number of hydrogen-bond donors (Lipinski definition) is 1. The lowest BCUT2D eigenvalue weighted by Crippen LogP contribution is -1.87. The molecule has 0 spiro atoms. The molecule has 0 aliphatic heterocycles. The van der Waals surface area contributed by atoms with Crippen LogP contribution in [0.5, 0.6) is 5.95 Å². The van der Waals surface area contributed by atoms with Gasteiger partial charge in [0.2, 0.25) is 5.89 Å². The van der Waals surface area contributed by atoms with Gasteiger partial charge in [-0.2, -0.15) is 0 Å². The summed E-state index contributed by atoms with van der Waals surface area (Å²) < 4.78 is 10.7. The van der Waals surface area contributed by atoms with Crippen LogP contribution in [0.15, 0.2) is 28.8 Å². The Morgan fingerprint density at radius 3 is 3.11 bits per heavy atom. The second-order valence-corrected chi connectivity index (χ2v) is 3.97. The monoisotopic (exact) mass is 243 g/mol. The Kier molecular flexibility index (Phi) is 2.51. The number of aryl methyl sites for hydroxylation is 1. The summed E-state index contributed by atoms with van der Waals surface area (Å²) >= 11 is 0. The predicted molar refractivity (Wildman–Crippen MR) is 67.5 cm³/mol. The Morgan fingerprint density at radius 2 is 2.28 bits per heavy atom. The molecule has 0 unspecified atom stereocenters. The predicted octanol–water partition coefficient (Wildman–Crippen LogP) is 2.93. The van der Waals surface area contributed by atoms with Gasteiger partial charge in [-0.05, 0) is 32.0 Å². The van der Waals surface area contributed by atoms with Crippen LogP contribution in [0.2, 0.25) is 0 Å². The molecule has 0 fully saturated rings. The summed E-state index contributed by atoms with van der Waals surface area (Å²) in [7, 11) is 0. The molecule has 1 N–H and O–H groups in total. The van der Waals surface area contributed by atoms with E-state index in [2.05, 4.69) is 15.0 Å². The van der Waals surface area contributed by atoms with E-state index in [0.717, 1.165) is 22.4 Å². The average molecular weight is 243 g/mol. The van der Waals surface area contributed by atoms with Crippen LogP contribution in [0.4, 0.5) is 0 Å². The van der Waals surface area contributed by atoms with Crippen molar-refractivity contribution in [3.05, 3.63) is 30.2 Å². The fraction of sp³-hybridized carbons (Fsp3) is 0.231. The summed E-state index contributed by atoms with van der Waals surface area (Å²) in [6.07, 6.45) is 1.58. The smallest absolute Gasteiger partial charge is 0.305 e. The van der Waals surface area contributed by atoms with Crippen molar-refractivity contribution in [3.63, 3.8) is 0 Å². The molecule has 92 valence electrons. The molecule has 0 saturated carbocycles. The number of imidazole rings is 1. The molecule has 1 aromatic carbocycles. The molecule has 2 heterocycles. The van der Waals surface area contributed by atoms with Crippen molar-refractivity contribution in [2.75, 3.05) is 6.61 Å². The Bertz CT molecular complexity index is 684. The normalized spacial score (nSPS) is 11.0. The van der Waals surface area contributed by atoms with Crippen molar-refractivity contribution in [1.82, 2.24) is 15.0 Å². The van der Waals surface area contributed by atoms with Crippen LogP contribution in [-0.4, -0.2) is 21.6 Å². The highest BCUT2D eigenvalue weighted by Gasteiger charge is 2.09. The Balaban J connectivity index is 2.01. The summed E-state index contributed by atoms with van der Waals surface area (Å²) in [6.45, 7) is 4.40. The van der Waals surface area contributed by atoms with E-state index in [1.165, 1.54) is 0 Å². The van der Waals surface area contributed by atoms with E-state index in [1.807, 2.05) is 32.0 Å². The van der Waals surface area contributed by atoms with Gasteiger partial charge in [0.15, 0.2) is 0 Å². The van der Waals surface area contributed by atoms with Gasteiger partial charge in [-0.25, -0.2) is 9.97 Å². The number of nitrogens with zero attached hydrogens (tertiary/aromatic N) is 2. The number of ether oxygens (including phenoxy) is 1. The summed E-state index contributed by atoms with van der Waals surface area (Å²) in [5, 5.41) is 0. The maximum absolute atomic E-state index is 5.50. The number of rotatable bonds is 3. The van der Waals surface area contributed by atoms with E-state index >= 15 is 0 Å². The molecule has 3 aromatic rings. The molecule has 0 amide bonds. The minimum Gasteiger partial charge on any atom is -0.464 e. The summed E-state index contributed by atoms with van der Waals surface area (Å²) in [4.78, 5) is 11.7. The van der Waals surface area contributed by atoms with Gasteiger partial charge in [0, 0.05) is 5.56 Å². The van der Waals surface area contributed by atoms with E-state index in [9.17, 15) is 0 Å². The molecule has 3 rings (SSSR count). The largest absolute Gasteiger partial charge is 0.464 e. The molecule has 2 aromatic heterocycles. The Hall–Kier alpha value is -2.30. The summed E-state index contributed by atoms with van der Waals surface area (Å²) in [6, 6.07) is 5.85. The molecule has 0 radical (unpaired) electrons.